The Hall–Kier alpha value is -1.93. The minimum Gasteiger partial charge on any atom is -0.392 e. The molecule has 158 valence electrons. The molecule has 2 aliphatic heterocycles. The average Bonchev–Trinajstić information content (AvgIpc) is 3.22. The van der Waals surface area contributed by atoms with Crippen LogP contribution in [0.3, 0.4) is 0 Å². The molecular weight excluding hydrogens is 368 g/mol. The van der Waals surface area contributed by atoms with Crippen LogP contribution in [0.2, 0.25) is 0 Å². The molecule has 3 atom stereocenters. The van der Waals surface area contributed by atoms with E-state index in [2.05, 4.69) is 46.4 Å². The Kier molecular flexibility index (Phi) is 6.20. The van der Waals surface area contributed by atoms with Crippen molar-refractivity contribution in [3.8, 4) is 0 Å². The number of aliphatic hydroxyl groups is 1. The summed E-state index contributed by atoms with van der Waals surface area (Å²) in [6, 6.07) is 9.19. The van der Waals surface area contributed by atoms with E-state index in [-0.39, 0.29) is 12.0 Å². The number of piperazine rings is 1. The van der Waals surface area contributed by atoms with Crippen LogP contribution in [0.25, 0.3) is 10.9 Å². The van der Waals surface area contributed by atoms with Gasteiger partial charge in [0.1, 0.15) is 6.54 Å². The number of benzene rings is 1. The van der Waals surface area contributed by atoms with E-state index in [0.717, 1.165) is 38.1 Å². The highest BCUT2D eigenvalue weighted by molar-refractivity contribution is 5.86. The Labute approximate surface area is 172 Å². The summed E-state index contributed by atoms with van der Waals surface area (Å²) in [7, 11) is 1.63. The molecule has 0 spiro atoms. The number of aliphatic hydroxyl groups excluding tert-OH is 1. The molecule has 0 aliphatic carbocycles. The smallest absolute Gasteiger partial charge is 0.240 e. The number of hydrogen-bond donors (Lipinski definition) is 2. The number of ether oxygens (including phenoxy) is 1. The quantitative estimate of drug-likeness (QED) is 0.680. The van der Waals surface area contributed by atoms with Gasteiger partial charge >= 0.3 is 0 Å². The van der Waals surface area contributed by atoms with Crippen molar-refractivity contribution >= 4 is 16.8 Å². The monoisotopic (exact) mass is 400 g/mol. The Balaban J connectivity index is 1.50. The number of para-hydroxylation sites is 1. The summed E-state index contributed by atoms with van der Waals surface area (Å²) in [5, 5.41) is 14.1. The number of carbonyl (C=O) groups is 1. The van der Waals surface area contributed by atoms with Crippen molar-refractivity contribution in [2.24, 2.45) is 0 Å². The van der Waals surface area contributed by atoms with Crippen LogP contribution in [0.4, 0.5) is 0 Å². The predicted octanol–water partition coefficient (Wildman–Crippen LogP) is 1.04. The third kappa shape index (κ3) is 4.48. The molecule has 7 nitrogen and oxygen atoms in total. The summed E-state index contributed by atoms with van der Waals surface area (Å²) >= 11 is 0. The number of aromatic nitrogens is 1. The number of fused-ring (bicyclic) bond motifs is 2. The van der Waals surface area contributed by atoms with Crippen LogP contribution in [-0.2, 0) is 22.6 Å². The van der Waals surface area contributed by atoms with Gasteiger partial charge in [0.05, 0.1) is 12.7 Å². The lowest BCUT2D eigenvalue weighted by atomic mass is 10.1. The van der Waals surface area contributed by atoms with E-state index in [1.54, 1.807) is 7.11 Å². The first-order valence-corrected chi connectivity index (χ1v) is 10.5. The zero-order chi connectivity index (χ0) is 20.4. The lowest BCUT2D eigenvalue weighted by molar-refractivity contribution is -0.121. The van der Waals surface area contributed by atoms with Crippen molar-refractivity contribution in [1.29, 1.82) is 0 Å². The van der Waals surface area contributed by atoms with Crippen LogP contribution in [0.1, 0.15) is 18.9 Å². The fourth-order valence-corrected chi connectivity index (χ4v) is 4.80. The van der Waals surface area contributed by atoms with Crippen molar-refractivity contribution in [3.05, 3.63) is 36.0 Å². The van der Waals surface area contributed by atoms with Gasteiger partial charge in [0.2, 0.25) is 5.91 Å². The van der Waals surface area contributed by atoms with Gasteiger partial charge in [0.25, 0.3) is 0 Å². The molecule has 1 aromatic carbocycles. The fraction of sp³-hybridized carbons (Fsp3) is 0.591. The van der Waals surface area contributed by atoms with Gasteiger partial charge in [-0.05, 0) is 25.0 Å². The van der Waals surface area contributed by atoms with Crippen LogP contribution in [0, 0.1) is 0 Å². The zero-order valence-electron chi connectivity index (χ0n) is 17.4. The molecule has 2 aromatic rings. The zero-order valence-corrected chi connectivity index (χ0v) is 17.4. The third-order valence-electron chi connectivity index (χ3n) is 6.26. The van der Waals surface area contributed by atoms with Crippen LogP contribution < -0.4 is 5.32 Å². The first-order chi connectivity index (χ1) is 14.0. The van der Waals surface area contributed by atoms with Gasteiger partial charge in [-0.2, -0.15) is 0 Å². The molecule has 0 radical (unpaired) electrons. The molecule has 2 saturated heterocycles. The lowest BCUT2D eigenvalue weighted by Crippen LogP contribution is -2.54. The number of rotatable bonds is 7. The molecule has 0 bridgehead atoms. The maximum Gasteiger partial charge on any atom is 0.240 e. The van der Waals surface area contributed by atoms with E-state index >= 15 is 0 Å². The molecule has 2 N–H and O–H groups in total. The van der Waals surface area contributed by atoms with Crippen molar-refractivity contribution in [3.63, 3.8) is 0 Å². The lowest BCUT2D eigenvalue weighted by Gasteiger charge is -2.42. The van der Waals surface area contributed by atoms with Crippen LogP contribution in [0.5, 0.6) is 0 Å². The summed E-state index contributed by atoms with van der Waals surface area (Å²) in [6.07, 6.45) is 2.81. The molecule has 29 heavy (non-hydrogen) atoms. The van der Waals surface area contributed by atoms with Crippen LogP contribution >= 0.6 is 0 Å². The fourth-order valence-electron chi connectivity index (χ4n) is 4.80. The first kappa shape index (κ1) is 20.3. The molecule has 1 amide bonds. The Morgan fingerprint density at radius 3 is 2.93 bits per heavy atom. The molecule has 2 aliphatic rings. The molecule has 0 saturated carbocycles. The van der Waals surface area contributed by atoms with Crippen molar-refractivity contribution in [2.45, 2.75) is 44.6 Å². The van der Waals surface area contributed by atoms with Gasteiger partial charge in [-0.3, -0.25) is 14.6 Å². The van der Waals surface area contributed by atoms with Gasteiger partial charge in [-0.25, -0.2) is 0 Å². The summed E-state index contributed by atoms with van der Waals surface area (Å²) in [6.45, 7) is 7.27. The average molecular weight is 401 g/mol. The van der Waals surface area contributed by atoms with Crippen molar-refractivity contribution in [2.75, 3.05) is 39.9 Å². The Bertz CT molecular complexity index is 852. The molecule has 2 fully saturated rings. The third-order valence-corrected chi connectivity index (χ3v) is 6.26. The summed E-state index contributed by atoms with van der Waals surface area (Å²) in [5.41, 5.74) is 2.34. The number of methoxy groups -OCH3 is 1. The van der Waals surface area contributed by atoms with Gasteiger partial charge in [-0.1, -0.05) is 18.2 Å². The Morgan fingerprint density at radius 1 is 1.28 bits per heavy atom. The highest BCUT2D eigenvalue weighted by atomic mass is 16.5. The van der Waals surface area contributed by atoms with E-state index in [0.29, 0.717) is 31.8 Å². The Morgan fingerprint density at radius 2 is 2.10 bits per heavy atom. The largest absolute Gasteiger partial charge is 0.392 e. The van der Waals surface area contributed by atoms with Crippen LogP contribution in [0.15, 0.2) is 30.5 Å². The second-order valence-electron chi connectivity index (χ2n) is 8.42. The number of nitrogens with zero attached hydrogens (tertiary/aromatic N) is 3. The molecule has 1 aromatic heterocycles. The SMILES string of the molecule is COCCNC(=O)Cn1cc(CN2CC3C[C@@H](O)CN3C[C@@H]2C)c2ccccc21. The predicted molar refractivity (Wildman–Crippen MR) is 113 cm³/mol. The first-order valence-electron chi connectivity index (χ1n) is 10.5. The standard InChI is InChI=1S/C22H32N4O3/c1-16-10-25-14-19(27)9-18(25)13-24(16)11-17-12-26(15-22(28)23-7-8-29-2)21-6-4-3-5-20(17)21/h3-6,12,16,18-19,27H,7-11,13-15H2,1-2H3,(H,23,28)/t16-,18?,19+/m0/s1. The number of nitrogens with one attached hydrogen (secondary N) is 1. The maximum absolute atomic E-state index is 12.3. The summed E-state index contributed by atoms with van der Waals surface area (Å²) in [5.74, 6) is -0.00345. The second kappa shape index (κ2) is 8.83. The second-order valence-corrected chi connectivity index (χ2v) is 8.42. The van der Waals surface area contributed by atoms with Gasteiger partial charge < -0.3 is 19.7 Å². The minimum atomic E-state index is -0.189. The number of carbonyl (C=O) groups excluding carboxylic acids is 1. The van der Waals surface area contributed by atoms with Gasteiger partial charge in [0.15, 0.2) is 0 Å². The van der Waals surface area contributed by atoms with E-state index in [4.69, 9.17) is 4.74 Å². The van der Waals surface area contributed by atoms with Crippen LogP contribution in [-0.4, -0.2) is 83.5 Å². The highest BCUT2D eigenvalue weighted by Gasteiger charge is 2.38. The number of amides is 1. The minimum absolute atomic E-state index is 0.00345. The summed E-state index contributed by atoms with van der Waals surface area (Å²) < 4.78 is 7.05. The molecule has 1 unspecified atom stereocenters. The molecule has 7 heteroatoms. The number of hydrogen-bond acceptors (Lipinski definition) is 5. The maximum atomic E-state index is 12.3. The molecular formula is C22H32N4O3. The van der Waals surface area contributed by atoms with Crippen molar-refractivity contribution < 1.29 is 14.6 Å². The normalized spacial score (nSPS) is 25.4. The van der Waals surface area contributed by atoms with E-state index < -0.39 is 0 Å². The van der Waals surface area contributed by atoms with Gasteiger partial charge in [-0.15, -0.1) is 0 Å². The van der Waals surface area contributed by atoms with Crippen molar-refractivity contribution in [1.82, 2.24) is 19.7 Å². The van der Waals surface area contributed by atoms with E-state index in [9.17, 15) is 9.90 Å². The van der Waals surface area contributed by atoms with Gasteiger partial charge in [0, 0.05) is 69.0 Å². The van der Waals surface area contributed by atoms with E-state index in [1.165, 1.54) is 10.9 Å². The van der Waals surface area contributed by atoms with E-state index in [1.807, 2.05) is 10.6 Å². The summed E-state index contributed by atoms with van der Waals surface area (Å²) in [4.78, 5) is 17.3. The molecule has 3 heterocycles. The topological polar surface area (TPSA) is 70.0 Å². The highest BCUT2D eigenvalue weighted by Crippen LogP contribution is 2.28. The molecule has 4 rings (SSSR count).